The minimum atomic E-state index is -0.150. The summed E-state index contributed by atoms with van der Waals surface area (Å²) >= 11 is 0. The maximum absolute atomic E-state index is 14.4. The van der Waals surface area contributed by atoms with Gasteiger partial charge in [0, 0.05) is 5.92 Å². The number of hydrogen-bond acceptors (Lipinski definition) is 1. The van der Waals surface area contributed by atoms with Crippen LogP contribution in [0.25, 0.3) is 0 Å². The van der Waals surface area contributed by atoms with E-state index in [0.717, 1.165) is 12.0 Å². The predicted octanol–water partition coefficient (Wildman–Crippen LogP) is 5.95. The molecule has 4 rings (SSSR count). The van der Waals surface area contributed by atoms with Gasteiger partial charge in [0.05, 0.1) is 11.7 Å². The Morgan fingerprint density at radius 2 is 1.79 bits per heavy atom. The molecule has 124 valence electrons. The van der Waals surface area contributed by atoms with Crippen LogP contribution in [0.3, 0.4) is 0 Å². The van der Waals surface area contributed by atoms with E-state index in [2.05, 4.69) is 68.6 Å². The van der Waals surface area contributed by atoms with Crippen molar-refractivity contribution in [1.29, 1.82) is 0 Å². The van der Waals surface area contributed by atoms with Crippen LogP contribution in [0.15, 0.2) is 54.6 Å². The lowest BCUT2D eigenvalue weighted by Gasteiger charge is -2.37. The first-order valence-corrected chi connectivity index (χ1v) is 8.77. The van der Waals surface area contributed by atoms with Gasteiger partial charge in [0.15, 0.2) is 0 Å². The van der Waals surface area contributed by atoms with Gasteiger partial charge < -0.3 is 5.32 Å². The number of halogens is 1. The molecular formula is C22H24FN. The molecule has 0 unspecified atom stereocenters. The summed E-state index contributed by atoms with van der Waals surface area (Å²) in [5.41, 5.74) is 4.49. The molecule has 1 N–H and O–H groups in total. The van der Waals surface area contributed by atoms with Crippen molar-refractivity contribution >= 4 is 5.69 Å². The largest absolute Gasteiger partial charge is 0.375 e. The predicted molar refractivity (Wildman–Crippen MR) is 97.9 cm³/mol. The Labute approximate surface area is 143 Å². The van der Waals surface area contributed by atoms with Gasteiger partial charge in [-0.15, -0.1) is 0 Å². The van der Waals surface area contributed by atoms with Crippen LogP contribution < -0.4 is 5.32 Å². The minimum Gasteiger partial charge on any atom is -0.375 e. The van der Waals surface area contributed by atoms with E-state index in [-0.39, 0.29) is 17.3 Å². The smallest absolute Gasteiger partial charge is 0.146 e. The Hall–Kier alpha value is -2.09. The molecule has 3 atom stereocenters. The molecule has 0 bridgehead atoms. The molecule has 2 heteroatoms. The minimum absolute atomic E-state index is 0.148. The molecule has 0 amide bonds. The van der Waals surface area contributed by atoms with Crippen molar-refractivity contribution in [1.82, 2.24) is 0 Å². The quantitative estimate of drug-likeness (QED) is 0.640. The van der Waals surface area contributed by atoms with Crippen molar-refractivity contribution in [2.75, 3.05) is 5.32 Å². The number of nitrogens with one attached hydrogen (secondary N) is 1. The first-order valence-electron chi connectivity index (χ1n) is 8.77. The van der Waals surface area contributed by atoms with Gasteiger partial charge in [-0.1, -0.05) is 69.3 Å². The van der Waals surface area contributed by atoms with E-state index in [1.165, 1.54) is 11.1 Å². The third kappa shape index (κ3) is 2.45. The number of rotatable bonds is 1. The molecule has 0 aromatic heterocycles. The molecule has 2 aromatic carbocycles. The summed E-state index contributed by atoms with van der Waals surface area (Å²) in [6.45, 7) is 6.68. The maximum atomic E-state index is 14.4. The monoisotopic (exact) mass is 321 g/mol. The van der Waals surface area contributed by atoms with Crippen molar-refractivity contribution < 1.29 is 4.39 Å². The number of anilines is 1. The van der Waals surface area contributed by atoms with Crippen molar-refractivity contribution in [3.8, 4) is 0 Å². The maximum Gasteiger partial charge on any atom is 0.146 e. The molecular weight excluding hydrogens is 297 g/mol. The highest BCUT2D eigenvalue weighted by Gasteiger charge is 2.38. The Morgan fingerprint density at radius 3 is 2.50 bits per heavy atom. The highest BCUT2D eigenvalue weighted by Crippen LogP contribution is 2.50. The van der Waals surface area contributed by atoms with Gasteiger partial charge in [-0.2, -0.15) is 0 Å². The summed E-state index contributed by atoms with van der Waals surface area (Å²) in [5.74, 6) is 0.617. The molecule has 0 fully saturated rings. The van der Waals surface area contributed by atoms with E-state index in [1.807, 2.05) is 6.07 Å². The summed E-state index contributed by atoms with van der Waals surface area (Å²) in [6.07, 6.45) is 5.53. The fraction of sp³-hybridized carbons (Fsp3) is 0.364. The number of allylic oxidation sites excluding steroid dienone is 2. The van der Waals surface area contributed by atoms with Crippen LogP contribution in [0.1, 0.15) is 55.8 Å². The van der Waals surface area contributed by atoms with Crippen molar-refractivity contribution in [2.45, 2.75) is 44.6 Å². The van der Waals surface area contributed by atoms with E-state index in [1.54, 1.807) is 6.07 Å². The highest BCUT2D eigenvalue weighted by atomic mass is 19.1. The topological polar surface area (TPSA) is 12.0 Å². The summed E-state index contributed by atoms with van der Waals surface area (Å²) in [4.78, 5) is 0. The normalized spacial score (nSPS) is 25.1. The summed E-state index contributed by atoms with van der Waals surface area (Å²) < 4.78 is 14.4. The molecule has 1 aliphatic heterocycles. The van der Waals surface area contributed by atoms with E-state index in [9.17, 15) is 4.39 Å². The van der Waals surface area contributed by atoms with Gasteiger partial charge in [0.25, 0.3) is 0 Å². The van der Waals surface area contributed by atoms with Crippen LogP contribution in [0.4, 0.5) is 10.1 Å². The summed E-state index contributed by atoms with van der Waals surface area (Å²) in [7, 11) is 0. The first-order chi connectivity index (χ1) is 11.4. The zero-order valence-electron chi connectivity index (χ0n) is 14.5. The molecule has 0 radical (unpaired) electrons. The fourth-order valence-electron chi connectivity index (χ4n) is 4.10. The van der Waals surface area contributed by atoms with E-state index in [4.69, 9.17) is 0 Å². The number of fused-ring (bicyclic) bond motifs is 3. The van der Waals surface area contributed by atoms with E-state index >= 15 is 0 Å². The van der Waals surface area contributed by atoms with Crippen LogP contribution >= 0.6 is 0 Å². The third-order valence-corrected chi connectivity index (χ3v) is 5.48. The molecule has 2 aliphatic rings. The van der Waals surface area contributed by atoms with Crippen LogP contribution in [-0.2, 0) is 5.41 Å². The second-order valence-corrected chi connectivity index (χ2v) is 8.05. The Balaban J connectivity index is 1.73. The van der Waals surface area contributed by atoms with Gasteiger partial charge in [0.1, 0.15) is 5.82 Å². The molecule has 24 heavy (non-hydrogen) atoms. The van der Waals surface area contributed by atoms with Crippen molar-refractivity contribution in [2.24, 2.45) is 5.92 Å². The van der Waals surface area contributed by atoms with Crippen LogP contribution in [0.5, 0.6) is 0 Å². The number of para-hydroxylation sites is 1. The highest BCUT2D eigenvalue weighted by molar-refractivity contribution is 5.60. The molecule has 2 aromatic rings. The molecule has 1 heterocycles. The zero-order chi connectivity index (χ0) is 16.9. The first kappa shape index (κ1) is 15.4. The van der Waals surface area contributed by atoms with Crippen LogP contribution in [-0.4, -0.2) is 0 Å². The lowest BCUT2D eigenvalue weighted by atomic mass is 9.76. The zero-order valence-corrected chi connectivity index (χ0v) is 14.5. The third-order valence-electron chi connectivity index (χ3n) is 5.48. The van der Waals surface area contributed by atoms with Crippen molar-refractivity contribution in [3.63, 3.8) is 0 Å². The number of hydrogen-bond donors (Lipinski definition) is 1. The van der Waals surface area contributed by atoms with E-state index in [0.29, 0.717) is 17.5 Å². The summed E-state index contributed by atoms with van der Waals surface area (Å²) in [5, 5.41) is 3.50. The average Bonchev–Trinajstić information content (AvgIpc) is 3.04. The molecule has 1 nitrogen and oxygen atoms in total. The lowest BCUT2D eigenvalue weighted by Crippen LogP contribution is -2.29. The fourth-order valence-corrected chi connectivity index (χ4v) is 4.10. The Morgan fingerprint density at radius 1 is 1.04 bits per heavy atom. The van der Waals surface area contributed by atoms with Gasteiger partial charge in [-0.25, -0.2) is 4.39 Å². The molecule has 0 saturated heterocycles. The van der Waals surface area contributed by atoms with E-state index < -0.39 is 0 Å². The standard InChI is InChI=1S/C22H24FN/c1-22(2,3)15-12-10-14(11-13-15)20-17-7-4-6-16(17)18-8-5-9-19(23)21(18)24-20/h4-6,8-13,16-17,20,24H,7H2,1-3H3/t16-,17-,20-/m0/s1. The van der Waals surface area contributed by atoms with Gasteiger partial charge in [-0.05, 0) is 40.5 Å². The summed E-state index contributed by atoms with van der Waals surface area (Å²) in [6, 6.07) is 14.4. The Bertz CT molecular complexity index is 783. The van der Waals surface area contributed by atoms with Gasteiger partial charge >= 0.3 is 0 Å². The Kier molecular flexibility index (Phi) is 3.52. The molecule has 1 aliphatic carbocycles. The lowest BCUT2D eigenvalue weighted by molar-refractivity contribution is 0.420. The van der Waals surface area contributed by atoms with Crippen LogP contribution in [0.2, 0.25) is 0 Å². The molecule has 0 spiro atoms. The van der Waals surface area contributed by atoms with Crippen molar-refractivity contribution in [3.05, 3.63) is 77.1 Å². The second kappa shape index (κ2) is 5.47. The average molecular weight is 321 g/mol. The van der Waals surface area contributed by atoms with Crippen LogP contribution in [0, 0.1) is 11.7 Å². The van der Waals surface area contributed by atoms with Gasteiger partial charge in [-0.3, -0.25) is 0 Å². The SMILES string of the molecule is CC(C)(C)c1ccc([C@@H]2Nc3c(F)cccc3[C@H]3C=CC[C@@H]32)cc1. The van der Waals surface area contributed by atoms with Gasteiger partial charge in [0.2, 0.25) is 0 Å². The second-order valence-electron chi connectivity index (χ2n) is 8.05. The molecule has 0 saturated carbocycles. The number of benzene rings is 2.